The van der Waals surface area contributed by atoms with Gasteiger partial charge in [0.15, 0.2) is 5.75 Å². The van der Waals surface area contributed by atoms with Gasteiger partial charge >= 0.3 is 0 Å². The molecule has 1 aromatic heterocycles. The van der Waals surface area contributed by atoms with Crippen LogP contribution < -0.4 is 5.43 Å². The largest absolute Gasteiger partial charge is 0.503 e. The molecule has 0 saturated carbocycles. The zero-order valence-electron chi connectivity index (χ0n) is 17.3. The maximum absolute atomic E-state index is 13.2. The molecule has 1 N–H and O–H groups in total. The third kappa shape index (κ3) is 4.64. The van der Waals surface area contributed by atoms with Crippen LogP contribution in [0.2, 0.25) is 0 Å². The first-order valence-corrected chi connectivity index (χ1v) is 10.4. The number of aromatic nitrogens is 1. The van der Waals surface area contributed by atoms with Crippen molar-refractivity contribution in [3.8, 4) is 5.75 Å². The minimum atomic E-state index is -0.328. The Balaban J connectivity index is 1.49. The van der Waals surface area contributed by atoms with Crippen molar-refractivity contribution in [2.24, 2.45) is 7.05 Å². The van der Waals surface area contributed by atoms with Gasteiger partial charge in [0.25, 0.3) is 0 Å². The van der Waals surface area contributed by atoms with Crippen molar-refractivity contribution in [2.45, 2.75) is 19.5 Å². The zero-order valence-corrected chi connectivity index (χ0v) is 17.3. The van der Waals surface area contributed by atoms with Gasteiger partial charge in [0.05, 0.1) is 18.9 Å². The zero-order chi connectivity index (χ0) is 21.1. The number of rotatable bonds is 5. The lowest BCUT2D eigenvalue weighted by molar-refractivity contribution is 0.0331. The molecule has 2 aromatic rings. The summed E-state index contributed by atoms with van der Waals surface area (Å²) in [5.74, 6) is -0.401. The van der Waals surface area contributed by atoms with Crippen LogP contribution >= 0.6 is 0 Å². The summed E-state index contributed by atoms with van der Waals surface area (Å²) in [6.45, 7) is 5.78. The van der Waals surface area contributed by atoms with Crippen LogP contribution in [0, 0.1) is 5.82 Å². The number of nitrogens with zero attached hydrogens (tertiary/aromatic N) is 3. The summed E-state index contributed by atoms with van der Waals surface area (Å²) in [5, 5.41) is 10.5. The van der Waals surface area contributed by atoms with E-state index >= 15 is 0 Å². The monoisotopic (exact) mass is 413 g/mol. The Labute approximate surface area is 175 Å². The molecule has 1 fully saturated rings. The Morgan fingerprint density at radius 1 is 1.07 bits per heavy atom. The second-order valence-corrected chi connectivity index (χ2v) is 7.96. The molecule has 0 bridgehead atoms. The first-order valence-electron chi connectivity index (χ1n) is 10.4. The van der Waals surface area contributed by atoms with Crippen LogP contribution in [0.1, 0.15) is 23.4 Å². The Bertz CT molecular complexity index is 978. The standard InChI is InChI=1S/C23H28FN3O3/c1-25-20(15-27-10-12-30-13-11-27)14-22(28)23(29)21(25)16-26-8-6-18(7-9-26)17-2-4-19(24)5-3-17/h2-6,14,29H,7-13,15-16H2,1H3. The average molecular weight is 413 g/mol. The molecule has 3 heterocycles. The highest BCUT2D eigenvalue weighted by Gasteiger charge is 2.20. The third-order valence-corrected chi connectivity index (χ3v) is 6.01. The van der Waals surface area contributed by atoms with E-state index in [1.165, 1.54) is 23.8 Å². The van der Waals surface area contributed by atoms with Crippen molar-refractivity contribution in [1.29, 1.82) is 0 Å². The Kier molecular flexibility index (Phi) is 6.32. The predicted molar refractivity (Wildman–Crippen MR) is 114 cm³/mol. The first kappa shape index (κ1) is 20.8. The topological polar surface area (TPSA) is 57.9 Å². The van der Waals surface area contributed by atoms with Crippen molar-refractivity contribution < 1.29 is 14.2 Å². The summed E-state index contributed by atoms with van der Waals surface area (Å²) in [7, 11) is 1.91. The number of morpholine rings is 1. The van der Waals surface area contributed by atoms with Crippen molar-refractivity contribution in [3.63, 3.8) is 0 Å². The summed E-state index contributed by atoms with van der Waals surface area (Å²) in [6.07, 6.45) is 2.98. The maximum Gasteiger partial charge on any atom is 0.223 e. The van der Waals surface area contributed by atoms with E-state index in [1.54, 1.807) is 0 Å². The molecule has 6 nitrogen and oxygen atoms in total. The summed E-state index contributed by atoms with van der Waals surface area (Å²) in [5.41, 5.74) is 3.45. The molecule has 0 amide bonds. The Hall–Kier alpha value is -2.48. The normalized spacial score (nSPS) is 18.4. The molecule has 1 saturated heterocycles. The van der Waals surface area contributed by atoms with Crippen LogP contribution in [-0.2, 0) is 24.9 Å². The van der Waals surface area contributed by atoms with Crippen LogP contribution in [0.15, 0.2) is 41.2 Å². The SMILES string of the molecule is Cn1c(CN2CCOCC2)cc(=O)c(O)c1CN1CC=C(c2ccc(F)cc2)CC1. The van der Waals surface area contributed by atoms with E-state index in [0.29, 0.717) is 38.5 Å². The number of benzene rings is 1. The number of halogens is 1. The highest BCUT2D eigenvalue weighted by atomic mass is 19.1. The second kappa shape index (κ2) is 9.12. The molecule has 4 rings (SSSR count). The molecule has 2 aliphatic rings. The number of ether oxygens (including phenoxy) is 1. The maximum atomic E-state index is 13.2. The molecule has 0 aliphatic carbocycles. The number of hydrogen-bond acceptors (Lipinski definition) is 5. The van der Waals surface area contributed by atoms with Gasteiger partial charge in [-0.3, -0.25) is 14.6 Å². The quantitative estimate of drug-likeness (QED) is 0.816. The highest BCUT2D eigenvalue weighted by molar-refractivity contribution is 5.66. The van der Waals surface area contributed by atoms with Crippen molar-refractivity contribution in [3.05, 3.63) is 69.4 Å². The van der Waals surface area contributed by atoms with Crippen LogP contribution in [0.25, 0.3) is 5.57 Å². The van der Waals surface area contributed by atoms with Gasteiger partial charge in [-0.1, -0.05) is 18.2 Å². The molecule has 30 heavy (non-hydrogen) atoms. The molecular formula is C23H28FN3O3. The van der Waals surface area contributed by atoms with E-state index in [4.69, 9.17) is 4.74 Å². The van der Waals surface area contributed by atoms with Gasteiger partial charge in [-0.15, -0.1) is 0 Å². The minimum absolute atomic E-state index is 0.170. The van der Waals surface area contributed by atoms with Crippen LogP contribution in [-0.4, -0.2) is 58.9 Å². The fourth-order valence-electron chi connectivity index (χ4n) is 4.10. The summed E-state index contributed by atoms with van der Waals surface area (Å²) in [6, 6.07) is 8.12. The lowest BCUT2D eigenvalue weighted by atomic mass is 9.99. The van der Waals surface area contributed by atoms with Gasteiger partial charge in [0.2, 0.25) is 5.43 Å². The number of hydrogen-bond donors (Lipinski definition) is 1. The number of aromatic hydroxyl groups is 1. The van der Waals surface area contributed by atoms with Gasteiger partial charge < -0.3 is 14.4 Å². The highest BCUT2D eigenvalue weighted by Crippen LogP contribution is 2.25. The summed E-state index contributed by atoms with van der Waals surface area (Å²) in [4.78, 5) is 16.9. The fourth-order valence-corrected chi connectivity index (χ4v) is 4.10. The third-order valence-electron chi connectivity index (χ3n) is 6.01. The molecule has 0 atom stereocenters. The number of pyridine rings is 1. The van der Waals surface area contributed by atoms with Crippen molar-refractivity contribution >= 4 is 5.57 Å². The first-order chi connectivity index (χ1) is 14.5. The smallest absolute Gasteiger partial charge is 0.223 e. The minimum Gasteiger partial charge on any atom is -0.503 e. The van der Waals surface area contributed by atoms with Gasteiger partial charge in [-0.2, -0.15) is 0 Å². The fraction of sp³-hybridized carbons (Fsp3) is 0.435. The predicted octanol–water partition coefficient (Wildman–Crippen LogP) is 2.35. The van der Waals surface area contributed by atoms with E-state index in [0.717, 1.165) is 37.3 Å². The lowest BCUT2D eigenvalue weighted by Crippen LogP contribution is -2.37. The van der Waals surface area contributed by atoms with Gasteiger partial charge in [0, 0.05) is 58.1 Å². The van der Waals surface area contributed by atoms with Crippen molar-refractivity contribution in [1.82, 2.24) is 14.4 Å². The van der Waals surface area contributed by atoms with E-state index in [-0.39, 0.29) is 17.0 Å². The Morgan fingerprint density at radius 2 is 1.80 bits per heavy atom. The van der Waals surface area contributed by atoms with Gasteiger partial charge in [-0.25, -0.2) is 4.39 Å². The molecule has 0 unspecified atom stereocenters. The van der Waals surface area contributed by atoms with Gasteiger partial charge in [-0.05, 0) is 29.7 Å². The molecule has 0 radical (unpaired) electrons. The van der Waals surface area contributed by atoms with Crippen molar-refractivity contribution in [2.75, 3.05) is 39.4 Å². The van der Waals surface area contributed by atoms with Crippen LogP contribution in [0.3, 0.4) is 0 Å². The Morgan fingerprint density at radius 3 is 2.47 bits per heavy atom. The molecule has 160 valence electrons. The molecule has 0 spiro atoms. The van der Waals surface area contributed by atoms with E-state index in [2.05, 4.69) is 15.9 Å². The molecule has 2 aliphatic heterocycles. The summed E-state index contributed by atoms with van der Waals surface area (Å²) < 4.78 is 20.5. The average Bonchev–Trinajstić information content (AvgIpc) is 2.77. The summed E-state index contributed by atoms with van der Waals surface area (Å²) >= 11 is 0. The van der Waals surface area contributed by atoms with E-state index < -0.39 is 0 Å². The molecule has 7 heteroatoms. The second-order valence-electron chi connectivity index (χ2n) is 7.96. The van der Waals surface area contributed by atoms with E-state index in [9.17, 15) is 14.3 Å². The molecular weight excluding hydrogens is 385 g/mol. The van der Waals surface area contributed by atoms with Crippen LogP contribution in [0.5, 0.6) is 5.75 Å². The lowest BCUT2D eigenvalue weighted by Gasteiger charge is -2.30. The van der Waals surface area contributed by atoms with Gasteiger partial charge in [0.1, 0.15) is 5.82 Å². The van der Waals surface area contributed by atoms with E-state index in [1.807, 2.05) is 23.7 Å². The molecule has 1 aromatic carbocycles. The van der Waals surface area contributed by atoms with Crippen LogP contribution in [0.4, 0.5) is 4.39 Å².